The first-order chi connectivity index (χ1) is 8.99. The van der Waals surface area contributed by atoms with E-state index in [0.717, 1.165) is 12.8 Å². The highest BCUT2D eigenvalue weighted by molar-refractivity contribution is 5.97. The Morgan fingerprint density at radius 3 is 2.32 bits per heavy atom. The van der Waals surface area contributed by atoms with E-state index < -0.39 is 11.9 Å². The third-order valence-corrected chi connectivity index (χ3v) is 3.36. The highest BCUT2D eigenvalue weighted by Crippen LogP contribution is 2.25. The van der Waals surface area contributed by atoms with Gasteiger partial charge in [-0.3, -0.25) is 0 Å². The van der Waals surface area contributed by atoms with E-state index in [1.807, 2.05) is 4.90 Å². The molecule has 6 heteroatoms. The molecule has 1 aliphatic heterocycles. The molecule has 102 valence electrons. The van der Waals surface area contributed by atoms with Gasteiger partial charge in [0.1, 0.15) is 0 Å². The number of hydrogen-bond donors (Lipinski definition) is 3. The zero-order valence-electron chi connectivity index (χ0n) is 10.4. The van der Waals surface area contributed by atoms with Gasteiger partial charge in [0.2, 0.25) is 0 Å². The van der Waals surface area contributed by atoms with Crippen molar-refractivity contribution in [3.8, 4) is 0 Å². The number of carbonyl (C=O) groups is 2. The Kier molecular flexibility index (Phi) is 3.71. The maximum absolute atomic E-state index is 11.2. The second-order valence-electron chi connectivity index (χ2n) is 4.67. The van der Waals surface area contributed by atoms with Crippen LogP contribution in [0.25, 0.3) is 0 Å². The Balaban J connectivity index is 2.37. The Hall–Kier alpha value is -2.08. The van der Waals surface area contributed by atoms with Gasteiger partial charge in [0.25, 0.3) is 0 Å². The summed E-state index contributed by atoms with van der Waals surface area (Å²) in [5.74, 6) is -2.12. The molecule has 1 fully saturated rings. The maximum Gasteiger partial charge on any atom is 0.337 e. The van der Waals surface area contributed by atoms with Gasteiger partial charge in [0.15, 0.2) is 0 Å². The standard InChI is InChI=1S/C13H16N2O4/c14-9-3-5-15(6-4-9)11-7-8(12(16)17)1-2-10(11)13(18)19/h1-2,7,9H,3-6,14H2,(H,16,17)(H,18,19). The van der Waals surface area contributed by atoms with Crippen LogP contribution in [-0.2, 0) is 0 Å². The maximum atomic E-state index is 11.2. The average Bonchev–Trinajstić information content (AvgIpc) is 2.38. The van der Waals surface area contributed by atoms with E-state index in [9.17, 15) is 14.7 Å². The number of anilines is 1. The van der Waals surface area contributed by atoms with E-state index in [4.69, 9.17) is 10.8 Å². The molecule has 0 saturated carbocycles. The predicted octanol–water partition coefficient (Wildman–Crippen LogP) is 1.01. The van der Waals surface area contributed by atoms with Crippen LogP contribution in [0.5, 0.6) is 0 Å². The van der Waals surface area contributed by atoms with Crippen molar-refractivity contribution >= 4 is 17.6 Å². The number of hydrogen-bond acceptors (Lipinski definition) is 4. The molecule has 0 atom stereocenters. The van der Waals surface area contributed by atoms with Crippen LogP contribution >= 0.6 is 0 Å². The van der Waals surface area contributed by atoms with Crippen molar-refractivity contribution in [3.05, 3.63) is 29.3 Å². The molecule has 6 nitrogen and oxygen atoms in total. The summed E-state index contributed by atoms with van der Waals surface area (Å²) in [6.45, 7) is 1.29. The van der Waals surface area contributed by atoms with Crippen molar-refractivity contribution in [1.82, 2.24) is 0 Å². The molecule has 4 N–H and O–H groups in total. The van der Waals surface area contributed by atoms with Gasteiger partial charge in [-0.15, -0.1) is 0 Å². The van der Waals surface area contributed by atoms with Gasteiger partial charge in [0, 0.05) is 19.1 Å². The molecule has 1 heterocycles. The number of carboxylic acid groups (broad SMARTS) is 2. The fraction of sp³-hybridized carbons (Fsp3) is 0.385. The summed E-state index contributed by atoms with van der Waals surface area (Å²) in [6, 6.07) is 4.20. The van der Waals surface area contributed by atoms with E-state index in [1.165, 1.54) is 18.2 Å². The molecule has 1 aliphatic rings. The van der Waals surface area contributed by atoms with E-state index in [0.29, 0.717) is 18.8 Å². The lowest BCUT2D eigenvalue weighted by Gasteiger charge is -2.33. The number of aromatic carboxylic acids is 2. The Morgan fingerprint density at radius 2 is 1.79 bits per heavy atom. The fourth-order valence-corrected chi connectivity index (χ4v) is 2.25. The van der Waals surface area contributed by atoms with Gasteiger partial charge in [-0.25, -0.2) is 9.59 Å². The first-order valence-corrected chi connectivity index (χ1v) is 6.10. The molecular weight excluding hydrogens is 248 g/mol. The SMILES string of the molecule is NC1CCN(c2cc(C(=O)O)ccc2C(=O)O)CC1. The molecule has 0 unspecified atom stereocenters. The minimum absolute atomic E-state index is 0.0925. The summed E-state index contributed by atoms with van der Waals surface area (Å²) in [7, 11) is 0. The van der Waals surface area contributed by atoms with Crippen molar-refractivity contribution in [2.75, 3.05) is 18.0 Å². The lowest BCUT2D eigenvalue weighted by molar-refractivity contribution is 0.0681. The van der Waals surface area contributed by atoms with Crippen LogP contribution in [0.3, 0.4) is 0 Å². The third-order valence-electron chi connectivity index (χ3n) is 3.36. The normalized spacial score (nSPS) is 16.4. The number of nitrogens with zero attached hydrogens (tertiary/aromatic N) is 1. The quantitative estimate of drug-likeness (QED) is 0.752. The summed E-state index contributed by atoms with van der Waals surface area (Å²) in [6.07, 6.45) is 1.55. The minimum atomic E-state index is -1.06. The summed E-state index contributed by atoms with van der Waals surface area (Å²) in [5, 5.41) is 18.2. The van der Waals surface area contributed by atoms with Crippen LogP contribution in [0.1, 0.15) is 33.6 Å². The molecule has 0 aliphatic carbocycles. The van der Waals surface area contributed by atoms with Gasteiger partial charge >= 0.3 is 11.9 Å². The fourth-order valence-electron chi connectivity index (χ4n) is 2.25. The molecule has 0 radical (unpaired) electrons. The Morgan fingerprint density at radius 1 is 1.16 bits per heavy atom. The van der Waals surface area contributed by atoms with Gasteiger partial charge in [-0.1, -0.05) is 0 Å². The molecule has 2 rings (SSSR count). The van der Waals surface area contributed by atoms with Crippen LogP contribution in [0.15, 0.2) is 18.2 Å². The number of nitrogens with two attached hydrogens (primary N) is 1. The molecule has 0 aromatic heterocycles. The molecular formula is C13H16N2O4. The number of carboxylic acids is 2. The van der Waals surface area contributed by atoms with E-state index >= 15 is 0 Å². The first-order valence-electron chi connectivity index (χ1n) is 6.10. The van der Waals surface area contributed by atoms with Crippen molar-refractivity contribution in [3.63, 3.8) is 0 Å². The average molecular weight is 264 g/mol. The molecule has 1 aromatic rings. The smallest absolute Gasteiger partial charge is 0.337 e. The largest absolute Gasteiger partial charge is 0.478 e. The number of piperidine rings is 1. The third kappa shape index (κ3) is 2.85. The predicted molar refractivity (Wildman–Crippen MR) is 69.8 cm³/mol. The molecule has 0 bridgehead atoms. The number of benzene rings is 1. The zero-order valence-corrected chi connectivity index (χ0v) is 10.4. The minimum Gasteiger partial charge on any atom is -0.478 e. The van der Waals surface area contributed by atoms with Crippen molar-refractivity contribution in [2.24, 2.45) is 5.73 Å². The van der Waals surface area contributed by atoms with Crippen LogP contribution in [0.2, 0.25) is 0 Å². The van der Waals surface area contributed by atoms with Gasteiger partial charge in [-0.2, -0.15) is 0 Å². The second kappa shape index (κ2) is 5.27. The highest BCUT2D eigenvalue weighted by atomic mass is 16.4. The topological polar surface area (TPSA) is 104 Å². The van der Waals surface area contributed by atoms with Crippen LogP contribution in [0, 0.1) is 0 Å². The van der Waals surface area contributed by atoms with Gasteiger partial charge in [-0.05, 0) is 31.0 Å². The monoisotopic (exact) mass is 264 g/mol. The molecule has 1 aromatic carbocycles. The molecule has 0 spiro atoms. The van der Waals surface area contributed by atoms with Crippen molar-refractivity contribution < 1.29 is 19.8 Å². The molecule has 0 amide bonds. The summed E-state index contributed by atoms with van der Waals surface area (Å²) < 4.78 is 0. The van der Waals surface area contributed by atoms with Gasteiger partial charge < -0.3 is 20.8 Å². The highest BCUT2D eigenvalue weighted by Gasteiger charge is 2.22. The summed E-state index contributed by atoms with van der Waals surface area (Å²) in [4.78, 5) is 24.1. The van der Waals surface area contributed by atoms with Crippen LogP contribution in [-0.4, -0.2) is 41.3 Å². The van der Waals surface area contributed by atoms with Gasteiger partial charge in [0.05, 0.1) is 16.8 Å². The van der Waals surface area contributed by atoms with E-state index in [-0.39, 0.29) is 17.2 Å². The van der Waals surface area contributed by atoms with E-state index in [2.05, 4.69) is 0 Å². The lowest BCUT2D eigenvalue weighted by Crippen LogP contribution is -2.40. The van der Waals surface area contributed by atoms with Crippen molar-refractivity contribution in [1.29, 1.82) is 0 Å². The van der Waals surface area contributed by atoms with Crippen LogP contribution < -0.4 is 10.6 Å². The Bertz CT molecular complexity index is 507. The van der Waals surface area contributed by atoms with Crippen LogP contribution in [0.4, 0.5) is 5.69 Å². The zero-order chi connectivity index (χ0) is 14.0. The van der Waals surface area contributed by atoms with Crippen molar-refractivity contribution in [2.45, 2.75) is 18.9 Å². The Labute approximate surface area is 110 Å². The summed E-state index contributed by atoms with van der Waals surface area (Å²) in [5.41, 5.74) is 6.49. The summed E-state index contributed by atoms with van der Waals surface area (Å²) >= 11 is 0. The molecule has 19 heavy (non-hydrogen) atoms. The molecule has 1 saturated heterocycles. The first kappa shape index (κ1) is 13.4. The van der Waals surface area contributed by atoms with E-state index in [1.54, 1.807) is 0 Å². The number of rotatable bonds is 3. The lowest BCUT2D eigenvalue weighted by atomic mass is 10.0. The second-order valence-corrected chi connectivity index (χ2v) is 4.67.